The second-order valence-corrected chi connectivity index (χ2v) is 7.25. The Labute approximate surface area is 161 Å². The molecule has 4 nitrogen and oxygen atoms in total. The summed E-state index contributed by atoms with van der Waals surface area (Å²) < 4.78 is 38.1. The fourth-order valence-electron chi connectivity index (χ4n) is 3.28. The van der Waals surface area contributed by atoms with Gasteiger partial charge in [-0.1, -0.05) is 42.5 Å². The Balaban J connectivity index is 1.53. The summed E-state index contributed by atoms with van der Waals surface area (Å²) in [4.78, 5) is 12.2. The van der Waals surface area contributed by atoms with Crippen LogP contribution in [0.2, 0.25) is 0 Å². The SMILES string of the molecule is O=C(NCC1(c2ccc(C(F)(F)F)cc2)CC1)NC(CO)Cc1ccccc1. The number of nitrogens with one attached hydrogen (secondary N) is 2. The molecule has 1 saturated carbocycles. The Kier molecular flexibility index (Phi) is 5.93. The van der Waals surface area contributed by atoms with Crippen molar-refractivity contribution >= 4 is 6.03 Å². The van der Waals surface area contributed by atoms with Crippen LogP contribution in [0.25, 0.3) is 0 Å². The molecule has 1 unspecified atom stereocenters. The fourth-order valence-corrected chi connectivity index (χ4v) is 3.28. The number of rotatable bonds is 7. The van der Waals surface area contributed by atoms with Crippen molar-refractivity contribution < 1.29 is 23.1 Å². The highest BCUT2D eigenvalue weighted by Gasteiger charge is 2.44. The van der Waals surface area contributed by atoms with E-state index < -0.39 is 23.8 Å². The number of aliphatic hydroxyl groups excluding tert-OH is 1. The summed E-state index contributed by atoms with van der Waals surface area (Å²) in [6.45, 7) is 0.153. The van der Waals surface area contributed by atoms with E-state index in [9.17, 15) is 23.1 Å². The summed E-state index contributed by atoms with van der Waals surface area (Å²) in [6, 6.07) is 13.9. The van der Waals surface area contributed by atoms with Crippen molar-refractivity contribution in [1.29, 1.82) is 0 Å². The number of carbonyl (C=O) groups is 1. The van der Waals surface area contributed by atoms with E-state index >= 15 is 0 Å². The van der Waals surface area contributed by atoms with E-state index in [0.29, 0.717) is 13.0 Å². The van der Waals surface area contributed by atoms with Crippen molar-refractivity contribution in [3.63, 3.8) is 0 Å². The van der Waals surface area contributed by atoms with Crippen LogP contribution in [0.3, 0.4) is 0 Å². The number of halogens is 3. The third-order valence-corrected chi connectivity index (χ3v) is 5.15. The molecule has 1 fully saturated rings. The zero-order valence-electron chi connectivity index (χ0n) is 15.3. The number of carbonyl (C=O) groups excluding carboxylic acids is 1. The highest BCUT2D eigenvalue weighted by atomic mass is 19.4. The molecule has 1 aliphatic rings. The van der Waals surface area contributed by atoms with Gasteiger partial charge in [-0.05, 0) is 42.5 Å². The molecule has 2 amide bonds. The van der Waals surface area contributed by atoms with Crippen LogP contribution in [-0.2, 0) is 18.0 Å². The van der Waals surface area contributed by atoms with Crippen LogP contribution in [0.5, 0.6) is 0 Å². The lowest BCUT2D eigenvalue weighted by Crippen LogP contribution is -2.46. The van der Waals surface area contributed by atoms with Gasteiger partial charge in [0.25, 0.3) is 0 Å². The van der Waals surface area contributed by atoms with Crippen LogP contribution in [0.1, 0.15) is 29.5 Å². The molecule has 2 aromatic carbocycles. The molecule has 28 heavy (non-hydrogen) atoms. The average Bonchev–Trinajstić information content (AvgIpc) is 3.47. The summed E-state index contributed by atoms with van der Waals surface area (Å²) >= 11 is 0. The minimum absolute atomic E-state index is 0.188. The molecule has 150 valence electrons. The molecular weight excluding hydrogens is 369 g/mol. The Hall–Kier alpha value is -2.54. The highest BCUT2D eigenvalue weighted by Crippen LogP contribution is 2.48. The standard InChI is InChI=1S/C21H23F3N2O2/c22-21(23,24)17-8-6-16(7-9-17)20(10-11-20)14-25-19(28)26-18(13-27)12-15-4-2-1-3-5-15/h1-9,18,27H,10-14H2,(H2,25,26,28). The lowest BCUT2D eigenvalue weighted by molar-refractivity contribution is -0.137. The van der Waals surface area contributed by atoms with E-state index in [4.69, 9.17) is 0 Å². The van der Waals surface area contributed by atoms with E-state index in [1.807, 2.05) is 30.3 Å². The normalized spacial score (nSPS) is 16.3. The van der Waals surface area contributed by atoms with E-state index in [1.54, 1.807) is 0 Å². The van der Waals surface area contributed by atoms with Gasteiger partial charge in [-0.15, -0.1) is 0 Å². The first-order valence-electron chi connectivity index (χ1n) is 9.19. The number of alkyl halides is 3. The molecule has 3 N–H and O–H groups in total. The summed E-state index contributed by atoms with van der Waals surface area (Å²) in [5, 5.41) is 15.1. The van der Waals surface area contributed by atoms with Crippen molar-refractivity contribution in [2.45, 2.75) is 36.9 Å². The number of hydrogen-bond donors (Lipinski definition) is 3. The minimum atomic E-state index is -4.36. The van der Waals surface area contributed by atoms with Gasteiger partial charge in [-0.3, -0.25) is 0 Å². The van der Waals surface area contributed by atoms with Crippen LogP contribution in [0.4, 0.5) is 18.0 Å². The molecule has 0 bridgehead atoms. The van der Waals surface area contributed by atoms with Crippen LogP contribution < -0.4 is 10.6 Å². The van der Waals surface area contributed by atoms with Crippen LogP contribution in [0, 0.1) is 0 Å². The van der Waals surface area contributed by atoms with Crippen molar-refractivity contribution in [1.82, 2.24) is 10.6 Å². The Morgan fingerprint density at radius 2 is 1.71 bits per heavy atom. The first-order chi connectivity index (χ1) is 13.3. The van der Waals surface area contributed by atoms with E-state index in [0.717, 1.165) is 36.1 Å². The average molecular weight is 392 g/mol. The van der Waals surface area contributed by atoms with E-state index in [2.05, 4.69) is 10.6 Å². The molecule has 0 spiro atoms. The molecule has 0 aromatic heterocycles. The molecule has 2 aromatic rings. The third kappa shape index (κ3) is 5.04. The minimum Gasteiger partial charge on any atom is -0.394 e. The van der Waals surface area contributed by atoms with Crippen LogP contribution in [0.15, 0.2) is 54.6 Å². The number of aliphatic hydroxyl groups is 1. The fraction of sp³-hybridized carbons (Fsp3) is 0.381. The predicted molar refractivity (Wildman–Crippen MR) is 99.9 cm³/mol. The van der Waals surface area contributed by atoms with Gasteiger partial charge in [0.1, 0.15) is 0 Å². The second-order valence-electron chi connectivity index (χ2n) is 7.25. The molecule has 1 aliphatic carbocycles. The summed E-state index contributed by atoms with van der Waals surface area (Å²) in [6.07, 6.45) is -2.22. The maximum atomic E-state index is 12.7. The summed E-state index contributed by atoms with van der Waals surface area (Å²) in [7, 11) is 0. The number of hydrogen-bond acceptors (Lipinski definition) is 2. The molecule has 0 saturated heterocycles. The summed E-state index contributed by atoms with van der Waals surface area (Å²) in [5.41, 5.74) is 0.814. The first kappa shape index (κ1) is 20.2. The monoisotopic (exact) mass is 392 g/mol. The van der Waals surface area contributed by atoms with Gasteiger partial charge in [-0.25, -0.2) is 4.79 Å². The molecule has 0 heterocycles. The quantitative estimate of drug-likeness (QED) is 0.674. The number of benzene rings is 2. The van der Waals surface area contributed by atoms with Crippen molar-refractivity contribution in [3.05, 3.63) is 71.3 Å². The second kappa shape index (κ2) is 8.22. The molecule has 1 atom stereocenters. The molecule has 3 rings (SSSR count). The van der Waals surface area contributed by atoms with E-state index in [1.165, 1.54) is 12.1 Å². The van der Waals surface area contributed by atoms with Crippen LogP contribution >= 0.6 is 0 Å². The number of urea groups is 1. The highest BCUT2D eigenvalue weighted by molar-refractivity contribution is 5.74. The van der Waals surface area contributed by atoms with Crippen molar-refractivity contribution in [2.75, 3.05) is 13.2 Å². The molecular formula is C21H23F3N2O2. The smallest absolute Gasteiger partial charge is 0.394 e. The zero-order chi connectivity index (χ0) is 20.2. The third-order valence-electron chi connectivity index (χ3n) is 5.15. The van der Waals surface area contributed by atoms with E-state index in [-0.39, 0.29) is 12.0 Å². The summed E-state index contributed by atoms with van der Waals surface area (Å²) in [5.74, 6) is 0. The van der Waals surface area contributed by atoms with Gasteiger partial charge in [0.2, 0.25) is 0 Å². The maximum absolute atomic E-state index is 12.7. The van der Waals surface area contributed by atoms with Gasteiger partial charge in [-0.2, -0.15) is 13.2 Å². The van der Waals surface area contributed by atoms with Gasteiger partial charge in [0, 0.05) is 12.0 Å². The maximum Gasteiger partial charge on any atom is 0.416 e. The zero-order valence-corrected chi connectivity index (χ0v) is 15.3. The topological polar surface area (TPSA) is 61.4 Å². The first-order valence-corrected chi connectivity index (χ1v) is 9.19. The number of amides is 2. The van der Waals surface area contributed by atoms with Crippen molar-refractivity contribution in [2.24, 2.45) is 0 Å². The van der Waals surface area contributed by atoms with Crippen LogP contribution in [-0.4, -0.2) is 30.3 Å². The molecule has 7 heteroatoms. The van der Waals surface area contributed by atoms with Crippen molar-refractivity contribution in [3.8, 4) is 0 Å². The predicted octanol–water partition coefficient (Wildman–Crippen LogP) is 3.64. The molecule has 0 aliphatic heterocycles. The van der Waals surface area contributed by atoms with Gasteiger partial charge in [0.15, 0.2) is 0 Å². The Bertz CT molecular complexity index is 788. The van der Waals surface area contributed by atoms with Gasteiger partial charge < -0.3 is 15.7 Å². The molecule has 0 radical (unpaired) electrons. The Morgan fingerprint density at radius 1 is 1.07 bits per heavy atom. The van der Waals surface area contributed by atoms with Gasteiger partial charge >= 0.3 is 12.2 Å². The van der Waals surface area contributed by atoms with Gasteiger partial charge in [0.05, 0.1) is 18.2 Å². The lowest BCUT2D eigenvalue weighted by Gasteiger charge is -2.20. The Morgan fingerprint density at radius 3 is 2.25 bits per heavy atom. The largest absolute Gasteiger partial charge is 0.416 e. The lowest BCUT2D eigenvalue weighted by atomic mass is 9.95.